The molecule has 0 aromatic heterocycles. The highest BCUT2D eigenvalue weighted by atomic mass is 79.9. The lowest BCUT2D eigenvalue weighted by atomic mass is 10.1. The van der Waals surface area contributed by atoms with Crippen LogP contribution in [0.25, 0.3) is 0 Å². The Hall–Kier alpha value is -1.14. The van der Waals surface area contributed by atoms with Crippen LogP contribution in [0, 0.1) is 11.7 Å². The van der Waals surface area contributed by atoms with E-state index in [9.17, 15) is 9.18 Å². The molecule has 1 aliphatic rings. The molecule has 0 aliphatic carbocycles. The topological polar surface area (TPSA) is 55.6 Å². The van der Waals surface area contributed by atoms with E-state index in [4.69, 9.17) is 10.5 Å². The number of nitrogens with zero attached hydrogens (tertiary/aromatic N) is 1. The number of amides is 1. The SMILES string of the molecule is CC(Oc1ccc(F)cc1Br)C(=O)N1CCC(CN)C1. The van der Waals surface area contributed by atoms with Crippen LogP contribution in [0.1, 0.15) is 13.3 Å². The van der Waals surface area contributed by atoms with Crippen LogP contribution in [0.5, 0.6) is 5.75 Å². The van der Waals surface area contributed by atoms with Crippen molar-refractivity contribution >= 4 is 21.8 Å². The van der Waals surface area contributed by atoms with Gasteiger partial charge in [0.2, 0.25) is 0 Å². The van der Waals surface area contributed by atoms with Crippen molar-refractivity contribution in [2.24, 2.45) is 11.7 Å². The highest BCUT2D eigenvalue weighted by Crippen LogP contribution is 2.27. The molecule has 0 radical (unpaired) electrons. The molecule has 1 fully saturated rings. The number of nitrogens with two attached hydrogens (primary N) is 1. The summed E-state index contributed by atoms with van der Waals surface area (Å²) in [6.07, 6.45) is 0.336. The summed E-state index contributed by atoms with van der Waals surface area (Å²) in [6, 6.07) is 4.13. The molecule has 1 aromatic rings. The lowest BCUT2D eigenvalue weighted by molar-refractivity contribution is -0.137. The van der Waals surface area contributed by atoms with Crippen molar-refractivity contribution in [1.82, 2.24) is 4.90 Å². The Morgan fingerprint density at radius 1 is 1.65 bits per heavy atom. The van der Waals surface area contributed by atoms with E-state index in [-0.39, 0.29) is 11.7 Å². The van der Waals surface area contributed by atoms with Crippen molar-refractivity contribution in [3.8, 4) is 5.75 Å². The number of carbonyl (C=O) groups is 1. The van der Waals surface area contributed by atoms with Gasteiger partial charge in [-0.3, -0.25) is 4.79 Å². The molecule has 0 saturated carbocycles. The lowest BCUT2D eigenvalue weighted by Gasteiger charge is -2.22. The van der Waals surface area contributed by atoms with Gasteiger partial charge in [0, 0.05) is 13.1 Å². The van der Waals surface area contributed by atoms with Gasteiger partial charge in [-0.15, -0.1) is 0 Å². The van der Waals surface area contributed by atoms with Gasteiger partial charge >= 0.3 is 0 Å². The van der Waals surface area contributed by atoms with Gasteiger partial charge in [-0.2, -0.15) is 0 Å². The van der Waals surface area contributed by atoms with Crippen molar-refractivity contribution in [3.63, 3.8) is 0 Å². The first kappa shape index (κ1) is 15.3. The van der Waals surface area contributed by atoms with E-state index in [2.05, 4.69) is 15.9 Å². The summed E-state index contributed by atoms with van der Waals surface area (Å²) in [4.78, 5) is 14.0. The van der Waals surface area contributed by atoms with Crippen LogP contribution in [0.3, 0.4) is 0 Å². The summed E-state index contributed by atoms with van der Waals surface area (Å²) in [5, 5.41) is 0. The highest BCUT2D eigenvalue weighted by molar-refractivity contribution is 9.10. The molecule has 6 heteroatoms. The minimum atomic E-state index is -0.603. The molecule has 4 nitrogen and oxygen atoms in total. The summed E-state index contributed by atoms with van der Waals surface area (Å²) in [5.74, 6) is 0.427. The summed E-state index contributed by atoms with van der Waals surface area (Å²) >= 11 is 3.22. The zero-order chi connectivity index (χ0) is 14.7. The first-order valence-corrected chi connectivity index (χ1v) is 7.41. The average molecular weight is 345 g/mol. The number of carbonyl (C=O) groups excluding carboxylic acids is 1. The molecule has 1 saturated heterocycles. The molecule has 2 atom stereocenters. The Bertz CT molecular complexity index is 498. The van der Waals surface area contributed by atoms with Gasteiger partial charge in [0.1, 0.15) is 11.6 Å². The molecule has 2 rings (SSSR count). The number of hydrogen-bond acceptors (Lipinski definition) is 3. The zero-order valence-corrected chi connectivity index (χ0v) is 12.9. The fourth-order valence-corrected chi connectivity index (χ4v) is 2.74. The first-order valence-electron chi connectivity index (χ1n) is 6.62. The van der Waals surface area contributed by atoms with Crippen LogP contribution in [0.2, 0.25) is 0 Å². The predicted octanol–water partition coefficient (Wildman–Crippen LogP) is 2.16. The van der Waals surface area contributed by atoms with Crippen molar-refractivity contribution in [2.75, 3.05) is 19.6 Å². The third-order valence-corrected chi connectivity index (χ3v) is 4.10. The quantitative estimate of drug-likeness (QED) is 0.910. The van der Waals surface area contributed by atoms with Gasteiger partial charge in [-0.25, -0.2) is 4.39 Å². The third-order valence-electron chi connectivity index (χ3n) is 3.48. The highest BCUT2D eigenvalue weighted by Gasteiger charge is 2.29. The zero-order valence-electron chi connectivity index (χ0n) is 11.3. The Kier molecular flexibility index (Phi) is 4.99. The molecule has 1 amide bonds. The number of rotatable bonds is 4. The van der Waals surface area contributed by atoms with E-state index in [0.29, 0.717) is 29.2 Å². The predicted molar refractivity (Wildman–Crippen MR) is 77.9 cm³/mol. The lowest BCUT2D eigenvalue weighted by Crippen LogP contribution is -2.39. The number of ether oxygens (including phenoxy) is 1. The summed E-state index contributed by atoms with van der Waals surface area (Å²) in [5.41, 5.74) is 5.62. The van der Waals surface area contributed by atoms with E-state index < -0.39 is 6.10 Å². The van der Waals surface area contributed by atoms with Crippen LogP contribution in [0.4, 0.5) is 4.39 Å². The van der Waals surface area contributed by atoms with E-state index in [1.807, 2.05) is 0 Å². The second-order valence-corrected chi connectivity index (χ2v) is 5.86. The van der Waals surface area contributed by atoms with Gasteiger partial charge in [0.25, 0.3) is 5.91 Å². The fourth-order valence-electron chi connectivity index (χ4n) is 2.29. The maximum atomic E-state index is 13.0. The average Bonchev–Trinajstić information content (AvgIpc) is 2.89. The van der Waals surface area contributed by atoms with Gasteiger partial charge in [0.15, 0.2) is 6.10 Å². The second-order valence-electron chi connectivity index (χ2n) is 5.01. The molecule has 2 N–H and O–H groups in total. The number of benzene rings is 1. The van der Waals surface area contributed by atoms with Crippen molar-refractivity contribution in [1.29, 1.82) is 0 Å². The standard InChI is InChI=1S/C14H18BrFN2O2/c1-9(14(19)18-5-4-10(7-17)8-18)20-13-3-2-11(16)6-12(13)15/h2-3,6,9-10H,4-5,7-8,17H2,1H3. The van der Waals surface area contributed by atoms with Gasteiger partial charge in [0.05, 0.1) is 4.47 Å². The van der Waals surface area contributed by atoms with E-state index in [0.717, 1.165) is 13.0 Å². The van der Waals surface area contributed by atoms with Gasteiger partial charge < -0.3 is 15.4 Å². The Balaban J connectivity index is 1.97. The van der Waals surface area contributed by atoms with Crippen LogP contribution in [0.15, 0.2) is 22.7 Å². The van der Waals surface area contributed by atoms with Crippen LogP contribution in [-0.4, -0.2) is 36.5 Å². The summed E-state index contributed by atoms with van der Waals surface area (Å²) in [7, 11) is 0. The molecule has 0 spiro atoms. The molecule has 20 heavy (non-hydrogen) atoms. The van der Waals surface area contributed by atoms with Gasteiger partial charge in [-0.05, 0) is 59.9 Å². The van der Waals surface area contributed by atoms with E-state index in [1.165, 1.54) is 18.2 Å². The van der Waals surface area contributed by atoms with E-state index >= 15 is 0 Å². The smallest absolute Gasteiger partial charge is 0.263 e. The van der Waals surface area contributed by atoms with Crippen molar-refractivity contribution in [2.45, 2.75) is 19.4 Å². The minimum absolute atomic E-state index is 0.0582. The maximum absolute atomic E-state index is 13.0. The second kappa shape index (κ2) is 6.54. The van der Waals surface area contributed by atoms with Crippen molar-refractivity contribution < 1.29 is 13.9 Å². The molecule has 1 heterocycles. The van der Waals surface area contributed by atoms with Crippen LogP contribution in [-0.2, 0) is 4.79 Å². The summed E-state index contributed by atoms with van der Waals surface area (Å²) < 4.78 is 19.1. The Morgan fingerprint density at radius 3 is 3.00 bits per heavy atom. The minimum Gasteiger partial charge on any atom is -0.480 e. The molecule has 1 aliphatic heterocycles. The largest absolute Gasteiger partial charge is 0.480 e. The number of halogens is 2. The Morgan fingerprint density at radius 2 is 2.40 bits per heavy atom. The monoisotopic (exact) mass is 344 g/mol. The maximum Gasteiger partial charge on any atom is 0.263 e. The summed E-state index contributed by atoms with van der Waals surface area (Å²) in [6.45, 7) is 3.71. The molecule has 0 bridgehead atoms. The van der Waals surface area contributed by atoms with Crippen LogP contribution < -0.4 is 10.5 Å². The Labute approximate surface area is 126 Å². The third kappa shape index (κ3) is 3.49. The molecule has 1 aromatic carbocycles. The number of hydrogen-bond donors (Lipinski definition) is 1. The normalized spacial score (nSPS) is 20.0. The van der Waals surface area contributed by atoms with Crippen molar-refractivity contribution in [3.05, 3.63) is 28.5 Å². The van der Waals surface area contributed by atoms with Crippen LogP contribution >= 0.6 is 15.9 Å². The van der Waals surface area contributed by atoms with E-state index in [1.54, 1.807) is 11.8 Å². The number of likely N-dealkylation sites (tertiary alicyclic amines) is 1. The molecule has 2 unspecified atom stereocenters. The molecular formula is C14H18BrFN2O2. The first-order chi connectivity index (χ1) is 9.51. The molecule has 110 valence electrons. The van der Waals surface area contributed by atoms with Gasteiger partial charge in [-0.1, -0.05) is 0 Å². The molecular weight excluding hydrogens is 327 g/mol. The fraction of sp³-hybridized carbons (Fsp3) is 0.500.